The van der Waals surface area contributed by atoms with E-state index in [2.05, 4.69) is 4.72 Å². The molecule has 0 aromatic heterocycles. The largest absolute Gasteiger partial charge is 0.454 e. The van der Waals surface area contributed by atoms with Gasteiger partial charge in [-0.05, 0) is 48.2 Å². The Balaban J connectivity index is 1.45. The number of sulfonamides is 1. The number of fused-ring (bicyclic) bond motifs is 1. The van der Waals surface area contributed by atoms with Crippen molar-refractivity contribution < 1.29 is 17.9 Å². The Kier molecular flexibility index (Phi) is 3.69. The van der Waals surface area contributed by atoms with Crippen molar-refractivity contribution in [3.63, 3.8) is 0 Å². The van der Waals surface area contributed by atoms with E-state index in [1.165, 1.54) is 0 Å². The molecule has 0 saturated heterocycles. The highest BCUT2D eigenvalue weighted by Gasteiger charge is 2.35. The Morgan fingerprint density at radius 1 is 0.917 bits per heavy atom. The Morgan fingerprint density at radius 2 is 1.58 bits per heavy atom. The second-order valence-electron chi connectivity index (χ2n) is 5.91. The third kappa shape index (κ3) is 3.23. The quantitative estimate of drug-likeness (QED) is 0.844. The first kappa shape index (κ1) is 15.1. The van der Waals surface area contributed by atoms with E-state index >= 15 is 0 Å². The van der Waals surface area contributed by atoms with Crippen LogP contribution < -0.4 is 14.2 Å². The minimum Gasteiger partial charge on any atom is -0.454 e. The zero-order valence-electron chi connectivity index (χ0n) is 12.9. The van der Waals surface area contributed by atoms with Gasteiger partial charge in [-0.3, -0.25) is 4.72 Å². The maximum Gasteiger partial charge on any atom is 0.235 e. The van der Waals surface area contributed by atoms with Gasteiger partial charge in [0.2, 0.25) is 16.8 Å². The van der Waals surface area contributed by atoms with E-state index in [0.717, 1.165) is 35.5 Å². The fourth-order valence-electron chi connectivity index (χ4n) is 2.50. The van der Waals surface area contributed by atoms with Gasteiger partial charge >= 0.3 is 0 Å². The zero-order valence-corrected chi connectivity index (χ0v) is 13.8. The molecule has 24 heavy (non-hydrogen) atoms. The van der Waals surface area contributed by atoms with Gasteiger partial charge in [-0.1, -0.05) is 30.4 Å². The molecule has 2 aromatic carbocycles. The molecule has 1 saturated carbocycles. The van der Waals surface area contributed by atoms with Gasteiger partial charge in [-0.25, -0.2) is 8.42 Å². The summed E-state index contributed by atoms with van der Waals surface area (Å²) in [6.45, 7) is 0.265. The molecule has 1 aliphatic heterocycles. The molecule has 124 valence electrons. The van der Waals surface area contributed by atoms with Crippen molar-refractivity contribution in [2.24, 2.45) is 0 Å². The Hall–Kier alpha value is -2.47. The van der Waals surface area contributed by atoms with Gasteiger partial charge in [0.25, 0.3) is 0 Å². The minimum absolute atomic E-state index is 0.219. The summed E-state index contributed by atoms with van der Waals surface area (Å²) in [4.78, 5) is 0. The maximum absolute atomic E-state index is 11.9. The summed E-state index contributed by atoms with van der Waals surface area (Å²) >= 11 is 0. The molecule has 0 unspecified atom stereocenters. The van der Waals surface area contributed by atoms with Crippen LogP contribution in [0.2, 0.25) is 0 Å². The molecule has 5 nitrogen and oxygen atoms in total. The van der Waals surface area contributed by atoms with Crippen molar-refractivity contribution in [3.05, 3.63) is 53.6 Å². The fourth-order valence-corrected chi connectivity index (χ4v) is 3.89. The highest BCUT2D eigenvalue weighted by molar-refractivity contribution is 7.93. The smallest absolute Gasteiger partial charge is 0.235 e. The second-order valence-corrected chi connectivity index (χ2v) is 7.88. The molecule has 0 radical (unpaired) electrons. The lowest BCUT2D eigenvalue weighted by molar-refractivity contribution is 0.174. The number of hydrogen-bond donors (Lipinski definition) is 1. The summed E-state index contributed by atoms with van der Waals surface area (Å²) < 4.78 is 37.1. The topological polar surface area (TPSA) is 64.6 Å². The molecule has 1 N–H and O–H groups in total. The molecule has 1 aliphatic carbocycles. The third-order valence-corrected chi connectivity index (χ3v) is 5.87. The zero-order chi connectivity index (χ0) is 16.6. The Labute approximate surface area is 141 Å². The maximum atomic E-state index is 11.9. The van der Waals surface area contributed by atoms with Crippen LogP contribution in [0, 0.1) is 0 Å². The average molecular weight is 343 g/mol. The first-order valence-electron chi connectivity index (χ1n) is 7.80. The number of rotatable bonds is 5. The van der Waals surface area contributed by atoms with E-state index in [1.54, 1.807) is 12.1 Å². The summed E-state index contributed by atoms with van der Waals surface area (Å²) in [5.41, 5.74) is 2.60. The number of benzene rings is 2. The van der Waals surface area contributed by atoms with Gasteiger partial charge in [0.15, 0.2) is 11.5 Å². The van der Waals surface area contributed by atoms with E-state index < -0.39 is 10.0 Å². The van der Waals surface area contributed by atoms with E-state index in [0.29, 0.717) is 5.69 Å². The molecule has 0 spiro atoms. The van der Waals surface area contributed by atoms with Crippen molar-refractivity contribution in [3.8, 4) is 11.5 Å². The Morgan fingerprint density at radius 3 is 2.33 bits per heavy atom. The first-order chi connectivity index (χ1) is 11.6. The van der Waals surface area contributed by atoms with E-state index in [4.69, 9.17) is 9.47 Å². The van der Waals surface area contributed by atoms with Crippen LogP contribution in [0.25, 0.3) is 12.2 Å². The highest BCUT2D eigenvalue weighted by Crippen LogP contribution is 2.33. The molecule has 0 amide bonds. The van der Waals surface area contributed by atoms with Crippen LogP contribution in [-0.2, 0) is 10.0 Å². The van der Waals surface area contributed by atoms with Crippen LogP contribution in [0.5, 0.6) is 11.5 Å². The van der Waals surface area contributed by atoms with Gasteiger partial charge in [-0.15, -0.1) is 0 Å². The number of ether oxygens (including phenoxy) is 2. The lowest BCUT2D eigenvalue weighted by atomic mass is 10.1. The summed E-state index contributed by atoms with van der Waals surface area (Å²) in [7, 11) is -3.21. The number of nitrogens with one attached hydrogen (secondary N) is 1. The lowest BCUT2D eigenvalue weighted by Crippen LogP contribution is -2.17. The van der Waals surface area contributed by atoms with Crippen LogP contribution in [0.1, 0.15) is 24.0 Å². The van der Waals surface area contributed by atoms with E-state index in [9.17, 15) is 8.42 Å². The van der Waals surface area contributed by atoms with E-state index in [-0.39, 0.29) is 12.0 Å². The molecular weight excluding hydrogens is 326 g/mol. The second kappa shape index (κ2) is 5.87. The van der Waals surface area contributed by atoms with Crippen molar-refractivity contribution in [2.45, 2.75) is 18.1 Å². The summed E-state index contributed by atoms with van der Waals surface area (Å²) in [6.07, 6.45) is 5.46. The molecule has 4 rings (SSSR count). The molecule has 2 aliphatic rings. The highest BCUT2D eigenvalue weighted by atomic mass is 32.2. The summed E-state index contributed by atoms with van der Waals surface area (Å²) in [5, 5.41) is -0.219. The van der Waals surface area contributed by atoms with Gasteiger partial charge in [0.05, 0.1) is 5.25 Å². The predicted molar refractivity (Wildman–Crippen MR) is 93.5 cm³/mol. The van der Waals surface area contributed by atoms with Crippen molar-refractivity contribution in [2.75, 3.05) is 11.5 Å². The number of anilines is 1. The molecule has 0 atom stereocenters. The molecule has 1 heterocycles. The molecule has 1 fully saturated rings. The molecular formula is C18H17NO4S. The van der Waals surface area contributed by atoms with Crippen molar-refractivity contribution >= 4 is 27.9 Å². The molecule has 6 heteroatoms. The van der Waals surface area contributed by atoms with Crippen LogP contribution in [0.4, 0.5) is 5.69 Å². The van der Waals surface area contributed by atoms with Crippen LogP contribution in [0.3, 0.4) is 0 Å². The van der Waals surface area contributed by atoms with Gasteiger partial charge < -0.3 is 9.47 Å². The summed E-state index contributed by atoms with van der Waals surface area (Å²) in [5.74, 6) is 1.52. The SMILES string of the molecule is O=S(=O)(Nc1ccc(/C=C/c2ccc3c(c2)OCO3)cc1)C1CC1. The van der Waals surface area contributed by atoms with Crippen LogP contribution in [-0.4, -0.2) is 20.5 Å². The minimum atomic E-state index is -3.21. The monoisotopic (exact) mass is 343 g/mol. The molecule has 0 bridgehead atoms. The van der Waals surface area contributed by atoms with Crippen LogP contribution >= 0.6 is 0 Å². The standard InChI is InChI=1S/C18H17NO4S/c20-24(21,16-8-9-16)19-15-6-3-13(4-7-15)1-2-14-5-10-17-18(11-14)23-12-22-17/h1-7,10-11,16,19H,8-9,12H2/b2-1+. The Bertz CT molecular complexity index is 884. The summed E-state index contributed by atoms with van der Waals surface area (Å²) in [6, 6.07) is 13.1. The molecule has 2 aromatic rings. The van der Waals surface area contributed by atoms with Gasteiger partial charge in [-0.2, -0.15) is 0 Å². The van der Waals surface area contributed by atoms with Crippen molar-refractivity contribution in [1.29, 1.82) is 0 Å². The van der Waals surface area contributed by atoms with Gasteiger partial charge in [0, 0.05) is 5.69 Å². The van der Waals surface area contributed by atoms with Gasteiger partial charge in [0.1, 0.15) is 0 Å². The normalized spacial score (nSPS) is 16.5. The number of hydrogen-bond acceptors (Lipinski definition) is 4. The predicted octanol–water partition coefficient (Wildman–Crippen LogP) is 3.49. The van der Waals surface area contributed by atoms with E-state index in [1.807, 2.05) is 42.5 Å². The average Bonchev–Trinajstić information content (AvgIpc) is 3.34. The van der Waals surface area contributed by atoms with Crippen LogP contribution in [0.15, 0.2) is 42.5 Å². The first-order valence-corrected chi connectivity index (χ1v) is 9.34. The van der Waals surface area contributed by atoms with Crippen molar-refractivity contribution in [1.82, 2.24) is 0 Å². The fraction of sp³-hybridized carbons (Fsp3) is 0.222. The lowest BCUT2D eigenvalue weighted by Gasteiger charge is -2.06. The third-order valence-electron chi connectivity index (χ3n) is 4.00.